The first-order chi connectivity index (χ1) is 7.75. The lowest BCUT2D eigenvalue weighted by molar-refractivity contribution is 1.29. The number of hydrogen-bond donors (Lipinski definition) is 0. The van der Waals surface area contributed by atoms with Gasteiger partial charge in [0.15, 0.2) is 0 Å². The molecule has 0 bridgehead atoms. The van der Waals surface area contributed by atoms with Gasteiger partial charge in [-0.15, -0.1) is 0 Å². The van der Waals surface area contributed by atoms with E-state index in [0.717, 1.165) is 11.3 Å². The second kappa shape index (κ2) is 5.15. The quantitative estimate of drug-likeness (QED) is 0.766. The lowest BCUT2D eigenvalue weighted by atomic mass is 10.2. The predicted octanol–water partition coefficient (Wildman–Crippen LogP) is 4.47. The molecule has 1 heterocycles. The van der Waals surface area contributed by atoms with Gasteiger partial charge in [0.05, 0.1) is 10.7 Å². The standard InChI is InChI=1S/C13H9Cl2N/c14-11-6-4-10(5-7-11)9-12(15)13-3-1-2-8-16-13/h1-9H. The molecule has 0 amide bonds. The Morgan fingerprint density at radius 1 is 1.06 bits per heavy atom. The fraction of sp³-hybridized carbons (Fsp3) is 0. The van der Waals surface area contributed by atoms with E-state index in [-0.39, 0.29) is 0 Å². The molecule has 0 atom stereocenters. The van der Waals surface area contributed by atoms with Crippen molar-refractivity contribution < 1.29 is 0 Å². The van der Waals surface area contributed by atoms with E-state index in [2.05, 4.69) is 4.98 Å². The van der Waals surface area contributed by atoms with Crippen LogP contribution in [0.2, 0.25) is 5.02 Å². The fourth-order valence-corrected chi connectivity index (χ4v) is 1.65. The molecular weight excluding hydrogens is 241 g/mol. The average molecular weight is 250 g/mol. The van der Waals surface area contributed by atoms with Crippen molar-refractivity contribution >= 4 is 34.3 Å². The molecule has 0 spiro atoms. The van der Waals surface area contributed by atoms with E-state index in [0.29, 0.717) is 10.1 Å². The number of nitrogens with zero attached hydrogens (tertiary/aromatic N) is 1. The first kappa shape index (κ1) is 11.2. The first-order valence-corrected chi connectivity index (χ1v) is 5.55. The van der Waals surface area contributed by atoms with E-state index in [9.17, 15) is 0 Å². The number of halogens is 2. The summed E-state index contributed by atoms with van der Waals surface area (Å²) in [6, 6.07) is 13.1. The van der Waals surface area contributed by atoms with E-state index < -0.39 is 0 Å². The maximum atomic E-state index is 6.15. The normalized spacial score (nSPS) is 11.5. The zero-order valence-corrected chi connectivity index (χ0v) is 9.91. The van der Waals surface area contributed by atoms with Crippen molar-refractivity contribution in [2.45, 2.75) is 0 Å². The Morgan fingerprint density at radius 3 is 2.44 bits per heavy atom. The second-order valence-corrected chi connectivity index (χ2v) is 4.10. The number of pyridine rings is 1. The molecule has 3 heteroatoms. The monoisotopic (exact) mass is 249 g/mol. The van der Waals surface area contributed by atoms with Gasteiger partial charge in [0.25, 0.3) is 0 Å². The lowest BCUT2D eigenvalue weighted by Gasteiger charge is -1.98. The van der Waals surface area contributed by atoms with Crippen molar-refractivity contribution in [2.75, 3.05) is 0 Å². The molecule has 0 aliphatic carbocycles. The molecule has 1 aromatic heterocycles. The van der Waals surface area contributed by atoms with Crippen LogP contribution in [0, 0.1) is 0 Å². The van der Waals surface area contributed by atoms with Gasteiger partial charge in [0.2, 0.25) is 0 Å². The topological polar surface area (TPSA) is 12.9 Å². The summed E-state index contributed by atoms with van der Waals surface area (Å²) in [5, 5.41) is 1.33. The van der Waals surface area contributed by atoms with Gasteiger partial charge in [-0.3, -0.25) is 4.98 Å². The molecule has 0 saturated heterocycles. The van der Waals surface area contributed by atoms with Gasteiger partial charge >= 0.3 is 0 Å². The van der Waals surface area contributed by atoms with Crippen molar-refractivity contribution in [2.24, 2.45) is 0 Å². The summed E-state index contributed by atoms with van der Waals surface area (Å²) >= 11 is 11.9. The molecule has 0 aliphatic heterocycles. The van der Waals surface area contributed by atoms with E-state index >= 15 is 0 Å². The lowest BCUT2D eigenvalue weighted by Crippen LogP contribution is -1.81. The van der Waals surface area contributed by atoms with Crippen molar-refractivity contribution in [1.29, 1.82) is 0 Å². The third-order valence-corrected chi connectivity index (χ3v) is 2.63. The Labute approximate surface area is 104 Å². The molecule has 16 heavy (non-hydrogen) atoms. The van der Waals surface area contributed by atoms with E-state index in [4.69, 9.17) is 23.2 Å². The molecule has 2 rings (SSSR count). The summed E-state index contributed by atoms with van der Waals surface area (Å²) < 4.78 is 0. The first-order valence-electron chi connectivity index (χ1n) is 4.80. The minimum Gasteiger partial charge on any atom is -0.255 e. The number of rotatable bonds is 2. The summed E-state index contributed by atoms with van der Waals surface area (Å²) in [5.41, 5.74) is 1.76. The van der Waals surface area contributed by atoms with Gasteiger partial charge in [-0.1, -0.05) is 41.4 Å². The number of benzene rings is 1. The second-order valence-electron chi connectivity index (χ2n) is 3.26. The average Bonchev–Trinajstić information content (AvgIpc) is 2.33. The highest BCUT2D eigenvalue weighted by atomic mass is 35.5. The highest BCUT2D eigenvalue weighted by Crippen LogP contribution is 2.20. The van der Waals surface area contributed by atoms with Crippen molar-refractivity contribution in [3.8, 4) is 0 Å². The molecule has 0 aliphatic rings. The van der Waals surface area contributed by atoms with Crippen LogP contribution in [-0.4, -0.2) is 4.98 Å². The maximum absolute atomic E-state index is 6.15. The zero-order chi connectivity index (χ0) is 11.4. The van der Waals surface area contributed by atoms with E-state index in [1.54, 1.807) is 6.20 Å². The molecule has 0 N–H and O–H groups in total. The van der Waals surface area contributed by atoms with Crippen LogP contribution < -0.4 is 0 Å². The molecule has 80 valence electrons. The Kier molecular flexibility index (Phi) is 3.60. The molecular formula is C13H9Cl2N. The van der Waals surface area contributed by atoms with Crippen LogP contribution in [0.25, 0.3) is 11.1 Å². The molecule has 0 fully saturated rings. The van der Waals surface area contributed by atoms with Crippen molar-refractivity contribution in [3.63, 3.8) is 0 Å². The van der Waals surface area contributed by atoms with Gasteiger partial charge < -0.3 is 0 Å². The SMILES string of the molecule is ClC(=Cc1ccc(Cl)cc1)c1ccccn1. The van der Waals surface area contributed by atoms with Gasteiger partial charge in [-0.05, 0) is 35.9 Å². The fourth-order valence-electron chi connectivity index (χ4n) is 1.28. The zero-order valence-electron chi connectivity index (χ0n) is 8.40. The Hall–Kier alpha value is -1.31. The molecule has 0 unspecified atom stereocenters. The minimum absolute atomic E-state index is 0.614. The summed E-state index contributed by atoms with van der Waals surface area (Å²) in [7, 11) is 0. The van der Waals surface area contributed by atoms with Gasteiger partial charge in [0, 0.05) is 11.2 Å². The van der Waals surface area contributed by atoms with Gasteiger partial charge in [-0.25, -0.2) is 0 Å². The molecule has 0 saturated carbocycles. The molecule has 0 radical (unpaired) electrons. The maximum Gasteiger partial charge on any atom is 0.0816 e. The highest BCUT2D eigenvalue weighted by Gasteiger charge is 1.98. The van der Waals surface area contributed by atoms with Crippen LogP contribution in [0.1, 0.15) is 11.3 Å². The smallest absolute Gasteiger partial charge is 0.0816 e. The number of aromatic nitrogens is 1. The molecule has 2 aromatic rings. The number of hydrogen-bond acceptors (Lipinski definition) is 1. The largest absolute Gasteiger partial charge is 0.255 e. The summed E-state index contributed by atoms with van der Waals surface area (Å²) in [6.45, 7) is 0. The van der Waals surface area contributed by atoms with Gasteiger partial charge in [0.1, 0.15) is 0 Å². The van der Waals surface area contributed by atoms with Crippen LogP contribution in [-0.2, 0) is 0 Å². The van der Waals surface area contributed by atoms with E-state index in [1.807, 2.05) is 48.5 Å². The summed E-state index contributed by atoms with van der Waals surface area (Å²) in [6.07, 6.45) is 3.58. The van der Waals surface area contributed by atoms with E-state index in [1.165, 1.54) is 0 Å². The Morgan fingerprint density at radius 2 is 1.81 bits per heavy atom. The third kappa shape index (κ3) is 2.84. The Bertz CT molecular complexity index is 489. The van der Waals surface area contributed by atoms with Crippen LogP contribution >= 0.6 is 23.2 Å². The van der Waals surface area contributed by atoms with Crippen LogP contribution in [0.5, 0.6) is 0 Å². The van der Waals surface area contributed by atoms with Gasteiger partial charge in [-0.2, -0.15) is 0 Å². The minimum atomic E-state index is 0.614. The van der Waals surface area contributed by atoms with Crippen LogP contribution in [0.3, 0.4) is 0 Å². The molecule has 1 nitrogen and oxygen atoms in total. The van der Waals surface area contributed by atoms with Crippen molar-refractivity contribution in [3.05, 3.63) is 64.9 Å². The third-order valence-electron chi connectivity index (χ3n) is 2.07. The van der Waals surface area contributed by atoms with Crippen LogP contribution in [0.15, 0.2) is 48.7 Å². The Balaban J connectivity index is 2.28. The summed E-state index contributed by atoms with van der Waals surface area (Å²) in [4.78, 5) is 4.17. The van der Waals surface area contributed by atoms with Crippen molar-refractivity contribution in [1.82, 2.24) is 4.98 Å². The summed E-state index contributed by atoms with van der Waals surface area (Å²) in [5.74, 6) is 0. The molecule has 1 aromatic carbocycles. The predicted molar refractivity (Wildman–Crippen MR) is 69.4 cm³/mol. The van der Waals surface area contributed by atoms with Crippen LogP contribution in [0.4, 0.5) is 0 Å². The highest BCUT2D eigenvalue weighted by molar-refractivity contribution is 6.51.